The lowest BCUT2D eigenvalue weighted by Crippen LogP contribution is -2.47. The van der Waals surface area contributed by atoms with Gasteiger partial charge in [0.15, 0.2) is 6.04 Å². The minimum atomic E-state index is -0.898. The fraction of sp³-hybridized carbons (Fsp3) is 0.619. The Morgan fingerprint density at radius 1 is 1.11 bits per heavy atom. The maximum Gasteiger partial charge on any atom is 0.408 e. The molecular formula is C21H31NO5. The monoisotopic (exact) mass is 377 g/mol. The van der Waals surface area contributed by atoms with E-state index in [9.17, 15) is 9.59 Å². The first kappa shape index (κ1) is 21.2. The lowest BCUT2D eigenvalue weighted by Gasteiger charge is -2.26. The molecule has 27 heavy (non-hydrogen) atoms. The Hall–Kier alpha value is -2.08. The molecule has 0 unspecified atom stereocenters. The Labute approximate surface area is 161 Å². The third-order valence-corrected chi connectivity index (χ3v) is 4.21. The summed E-state index contributed by atoms with van der Waals surface area (Å²) in [5, 5.41) is 2.59. The molecule has 1 aliphatic carbocycles. The zero-order chi connectivity index (χ0) is 19.7. The second-order valence-electron chi connectivity index (χ2n) is 7.90. The summed E-state index contributed by atoms with van der Waals surface area (Å²) < 4.78 is 16.5. The van der Waals surface area contributed by atoms with E-state index in [0.717, 1.165) is 31.2 Å². The van der Waals surface area contributed by atoms with Crippen molar-refractivity contribution in [3.63, 3.8) is 0 Å². The van der Waals surface area contributed by atoms with Gasteiger partial charge in [-0.15, -0.1) is 0 Å². The summed E-state index contributed by atoms with van der Waals surface area (Å²) in [6.07, 6.45) is 4.30. The normalized spacial score (nSPS) is 16.4. The quantitative estimate of drug-likeness (QED) is 0.728. The lowest BCUT2D eigenvalue weighted by atomic mass is 9.98. The van der Waals surface area contributed by atoms with Crippen LogP contribution in [0.2, 0.25) is 0 Å². The Balaban J connectivity index is 1.91. The molecule has 1 aliphatic rings. The molecule has 1 fully saturated rings. The second-order valence-corrected chi connectivity index (χ2v) is 7.90. The minimum Gasteiger partial charge on any atom is -0.461 e. The minimum absolute atomic E-state index is 0.0275. The van der Waals surface area contributed by atoms with Gasteiger partial charge in [0, 0.05) is 0 Å². The molecule has 0 radical (unpaired) electrons. The van der Waals surface area contributed by atoms with Gasteiger partial charge in [-0.1, -0.05) is 36.8 Å². The molecule has 6 nitrogen and oxygen atoms in total. The van der Waals surface area contributed by atoms with Crippen LogP contribution in [0, 0.1) is 0 Å². The summed E-state index contributed by atoms with van der Waals surface area (Å²) in [6, 6.07) is 8.76. The van der Waals surface area contributed by atoms with E-state index in [2.05, 4.69) is 5.32 Å². The van der Waals surface area contributed by atoms with E-state index < -0.39 is 23.7 Å². The highest BCUT2D eigenvalue weighted by Crippen LogP contribution is 2.21. The van der Waals surface area contributed by atoms with Crippen LogP contribution in [-0.2, 0) is 25.6 Å². The van der Waals surface area contributed by atoms with Crippen molar-refractivity contribution in [1.29, 1.82) is 0 Å². The summed E-state index contributed by atoms with van der Waals surface area (Å²) >= 11 is 0. The highest BCUT2D eigenvalue weighted by Gasteiger charge is 2.28. The first-order valence-corrected chi connectivity index (χ1v) is 9.65. The molecule has 0 heterocycles. The number of carbonyl (C=O) groups excluding carboxylic acids is 2. The number of ether oxygens (including phenoxy) is 3. The maximum atomic E-state index is 12.6. The molecule has 1 aromatic rings. The number of alkyl carbamates (subject to hydrolysis) is 1. The number of amides is 1. The number of nitrogens with one attached hydrogen (secondary N) is 1. The number of rotatable bonds is 7. The van der Waals surface area contributed by atoms with Gasteiger partial charge in [0.25, 0.3) is 0 Å². The Kier molecular flexibility index (Phi) is 8.10. The van der Waals surface area contributed by atoms with Crippen molar-refractivity contribution in [3.05, 3.63) is 35.9 Å². The van der Waals surface area contributed by atoms with Gasteiger partial charge in [-0.2, -0.15) is 0 Å². The highest BCUT2D eigenvalue weighted by atomic mass is 16.6. The molecule has 1 N–H and O–H groups in total. The predicted molar refractivity (Wildman–Crippen MR) is 102 cm³/mol. The molecule has 1 aromatic carbocycles. The number of hydrogen-bond acceptors (Lipinski definition) is 5. The molecular weight excluding hydrogens is 346 g/mol. The number of benzene rings is 1. The van der Waals surface area contributed by atoms with Crippen LogP contribution in [0.3, 0.4) is 0 Å². The highest BCUT2D eigenvalue weighted by molar-refractivity contribution is 5.81. The van der Waals surface area contributed by atoms with E-state index in [1.54, 1.807) is 20.8 Å². The van der Waals surface area contributed by atoms with Crippen LogP contribution in [0.15, 0.2) is 30.3 Å². The van der Waals surface area contributed by atoms with Crippen molar-refractivity contribution in [2.45, 2.75) is 77.2 Å². The van der Waals surface area contributed by atoms with Crippen LogP contribution in [-0.4, -0.2) is 36.4 Å². The van der Waals surface area contributed by atoms with E-state index in [-0.39, 0.29) is 12.7 Å². The van der Waals surface area contributed by atoms with Crippen molar-refractivity contribution < 1.29 is 23.8 Å². The molecule has 0 bridgehead atoms. The molecule has 0 saturated heterocycles. The maximum absolute atomic E-state index is 12.6. The third-order valence-electron chi connectivity index (χ3n) is 4.21. The summed E-state index contributed by atoms with van der Waals surface area (Å²) in [7, 11) is 0. The van der Waals surface area contributed by atoms with Gasteiger partial charge in [0.1, 0.15) is 11.7 Å². The van der Waals surface area contributed by atoms with Crippen molar-refractivity contribution in [2.24, 2.45) is 0 Å². The number of esters is 1. The van der Waals surface area contributed by atoms with E-state index in [1.807, 2.05) is 30.3 Å². The summed E-state index contributed by atoms with van der Waals surface area (Å²) in [6.45, 7) is 5.69. The SMILES string of the molecule is CC(C)(C)OC(=O)N[C@@H](COCc1ccccc1)C(=O)OC1CCCCC1. The topological polar surface area (TPSA) is 73.9 Å². The van der Waals surface area contributed by atoms with Gasteiger partial charge in [-0.3, -0.25) is 0 Å². The summed E-state index contributed by atoms with van der Waals surface area (Å²) in [5.74, 6) is -0.471. The Morgan fingerprint density at radius 3 is 2.41 bits per heavy atom. The average Bonchev–Trinajstić information content (AvgIpc) is 2.61. The van der Waals surface area contributed by atoms with Crippen LogP contribution in [0.4, 0.5) is 4.79 Å². The van der Waals surface area contributed by atoms with Gasteiger partial charge in [-0.25, -0.2) is 9.59 Å². The standard InChI is InChI=1S/C21H31NO5/c1-21(2,3)27-20(24)22-18(15-25-14-16-10-6-4-7-11-16)19(23)26-17-12-8-5-9-13-17/h4,6-7,10-11,17-18H,5,8-9,12-15H2,1-3H3,(H,22,24)/t18-/m0/s1. The van der Waals surface area contributed by atoms with Crippen molar-refractivity contribution in [2.75, 3.05) is 6.61 Å². The molecule has 1 atom stereocenters. The van der Waals surface area contributed by atoms with Crippen molar-refractivity contribution in [1.82, 2.24) is 5.32 Å². The van der Waals surface area contributed by atoms with E-state index in [4.69, 9.17) is 14.2 Å². The predicted octanol–water partition coefficient (Wildman–Crippen LogP) is 3.97. The van der Waals surface area contributed by atoms with E-state index in [1.165, 1.54) is 6.42 Å². The molecule has 2 rings (SSSR count). The first-order valence-electron chi connectivity index (χ1n) is 9.65. The Morgan fingerprint density at radius 2 is 1.78 bits per heavy atom. The van der Waals surface area contributed by atoms with Crippen LogP contribution in [0.5, 0.6) is 0 Å². The zero-order valence-electron chi connectivity index (χ0n) is 16.5. The summed E-state index contributed by atoms with van der Waals surface area (Å²) in [5.41, 5.74) is 0.349. The number of hydrogen-bond donors (Lipinski definition) is 1. The third kappa shape index (κ3) is 8.43. The molecule has 150 valence electrons. The van der Waals surface area contributed by atoms with Crippen molar-refractivity contribution >= 4 is 12.1 Å². The van der Waals surface area contributed by atoms with E-state index in [0.29, 0.717) is 6.61 Å². The largest absolute Gasteiger partial charge is 0.461 e. The van der Waals surface area contributed by atoms with Gasteiger partial charge in [0.05, 0.1) is 13.2 Å². The molecule has 1 amide bonds. The van der Waals surface area contributed by atoms with Gasteiger partial charge >= 0.3 is 12.1 Å². The number of carbonyl (C=O) groups is 2. The fourth-order valence-electron chi connectivity index (χ4n) is 2.92. The zero-order valence-corrected chi connectivity index (χ0v) is 16.5. The molecule has 0 spiro atoms. The fourth-order valence-corrected chi connectivity index (χ4v) is 2.92. The van der Waals surface area contributed by atoms with E-state index >= 15 is 0 Å². The summed E-state index contributed by atoms with van der Waals surface area (Å²) in [4.78, 5) is 24.7. The van der Waals surface area contributed by atoms with Crippen LogP contribution < -0.4 is 5.32 Å². The van der Waals surface area contributed by atoms with Crippen LogP contribution in [0.25, 0.3) is 0 Å². The average molecular weight is 377 g/mol. The van der Waals surface area contributed by atoms with Crippen LogP contribution in [0.1, 0.15) is 58.4 Å². The van der Waals surface area contributed by atoms with Gasteiger partial charge in [-0.05, 0) is 52.0 Å². The Bertz CT molecular complexity index is 590. The molecule has 0 aliphatic heterocycles. The smallest absolute Gasteiger partial charge is 0.408 e. The molecule has 1 saturated carbocycles. The van der Waals surface area contributed by atoms with Gasteiger partial charge in [0.2, 0.25) is 0 Å². The van der Waals surface area contributed by atoms with Gasteiger partial charge < -0.3 is 19.5 Å². The van der Waals surface area contributed by atoms with Crippen LogP contribution >= 0.6 is 0 Å². The second kappa shape index (κ2) is 10.3. The molecule has 6 heteroatoms. The molecule has 0 aromatic heterocycles. The van der Waals surface area contributed by atoms with Crippen molar-refractivity contribution in [3.8, 4) is 0 Å². The first-order chi connectivity index (χ1) is 12.8. The lowest BCUT2D eigenvalue weighted by molar-refractivity contribution is -0.155.